The van der Waals surface area contributed by atoms with E-state index in [0.717, 1.165) is 12.0 Å². The van der Waals surface area contributed by atoms with Crippen molar-refractivity contribution in [3.05, 3.63) is 29.8 Å². The smallest absolute Gasteiger partial charge is 0.246 e. The second kappa shape index (κ2) is 6.84. The fourth-order valence-corrected chi connectivity index (χ4v) is 4.60. The van der Waals surface area contributed by atoms with Crippen molar-refractivity contribution in [1.29, 1.82) is 0 Å². The Balaban J connectivity index is 1.67. The lowest BCUT2D eigenvalue weighted by Gasteiger charge is -2.21. The Morgan fingerprint density at radius 3 is 2.71 bits per heavy atom. The Morgan fingerprint density at radius 1 is 1.25 bits per heavy atom. The van der Waals surface area contributed by atoms with Crippen molar-refractivity contribution in [3.8, 4) is 11.5 Å². The number of likely N-dealkylation sites (N-methyl/N-ethyl adjacent to an activating group) is 1. The van der Waals surface area contributed by atoms with Gasteiger partial charge in [-0.25, -0.2) is 8.42 Å². The van der Waals surface area contributed by atoms with Crippen LogP contribution in [0, 0.1) is 0 Å². The van der Waals surface area contributed by atoms with Gasteiger partial charge in [-0.2, -0.15) is 0 Å². The zero-order valence-corrected chi connectivity index (χ0v) is 14.4. The van der Waals surface area contributed by atoms with Gasteiger partial charge in [-0.15, -0.1) is 0 Å². The number of amides is 1. The van der Waals surface area contributed by atoms with Crippen LogP contribution in [0.25, 0.3) is 6.08 Å². The maximum Gasteiger partial charge on any atom is 0.246 e. The molecule has 24 heavy (non-hydrogen) atoms. The zero-order chi connectivity index (χ0) is 17.2. The van der Waals surface area contributed by atoms with Gasteiger partial charge in [0.1, 0.15) is 0 Å². The molecule has 0 saturated carbocycles. The van der Waals surface area contributed by atoms with Gasteiger partial charge in [-0.3, -0.25) is 4.79 Å². The van der Waals surface area contributed by atoms with Gasteiger partial charge < -0.3 is 14.4 Å². The molecule has 0 N–H and O–H groups in total. The molecule has 1 aromatic carbocycles. The van der Waals surface area contributed by atoms with Crippen LogP contribution in [0.3, 0.4) is 0 Å². The van der Waals surface area contributed by atoms with E-state index >= 15 is 0 Å². The van der Waals surface area contributed by atoms with Crippen molar-refractivity contribution in [2.45, 2.75) is 18.9 Å². The summed E-state index contributed by atoms with van der Waals surface area (Å²) in [4.78, 5) is 13.8. The van der Waals surface area contributed by atoms with E-state index in [2.05, 4.69) is 0 Å². The summed E-state index contributed by atoms with van der Waals surface area (Å²) in [6, 6.07) is 5.29. The van der Waals surface area contributed by atoms with Gasteiger partial charge in [0.25, 0.3) is 0 Å². The van der Waals surface area contributed by atoms with E-state index in [0.29, 0.717) is 31.1 Å². The molecule has 2 heterocycles. The number of nitrogens with zero attached hydrogens (tertiary/aromatic N) is 1. The van der Waals surface area contributed by atoms with Crippen molar-refractivity contribution in [3.63, 3.8) is 0 Å². The molecule has 0 spiro atoms. The van der Waals surface area contributed by atoms with Crippen LogP contribution in [0.4, 0.5) is 0 Å². The Labute approximate surface area is 142 Å². The molecule has 1 amide bonds. The fourth-order valence-electron chi connectivity index (χ4n) is 2.83. The van der Waals surface area contributed by atoms with E-state index in [-0.39, 0.29) is 23.5 Å². The number of ether oxygens (including phenoxy) is 2. The van der Waals surface area contributed by atoms with Gasteiger partial charge in [-0.05, 0) is 30.2 Å². The third kappa shape index (κ3) is 3.90. The summed E-state index contributed by atoms with van der Waals surface area (Å²) in [6.45, 7) is 1.24. The number of fused-ring (bicyclic) bond motifs is 1. The molecule has 0 aliphatic carbocycles. The number of carbonyl (C=O) groups excluding carboxylic acids is 1. The molecule has 1 atom stereocenters. The van der Waals surface area contributed by atoms with Gasteiger partial charge in [-0.1, -0.05) is 6.07 Å². The summed E-state index contributed by atoms with van der Waals surface area (Å²) in [5, 5.41) is 0. The molecule has 2 aliphatic heterocycles. The SMILES string of the molecule is CN(C(=O)C=Cc1ccc2c(c1)OCCCO2)C1CCS(=O)(=O)C1. The number of sulfone groups is 1. The maximum absolute atomic E-state index is 12.2. The first-order chi connectivity index (χ1) is 11.4. The highest BCUT2D eigenvalue weighted by atomic mass is 32.2. The van der Waals surface area contributed by atoms with Gasteiger partial charge in [0.05, 0.1) is 24.7 Å². The average molecular weight is 351 g/mol. The molecule has 0 aromatic heterocycles. The van der Waals surface area contributed by atoms with E-state index in [1.165, 1.54) is 11.0 Å². The topological polar surface area (TPSA) is 72.9 Å². The number of rotatable bonds is 3. The predicted molar refractivity (Wildman–Crippen MR) is 90.9 cm³/mol. The molecule has 0 radical (unpaired) electrons. The van der Waals surface area contributed by atoms with Gasteiger partial charge in [0.2, 0.25) is 5.91 Å². The van der Waals surface area contributed by atoms with Crippen LogP contribution in [-0.2, 0) is 14.6 Å². The van der Waals surface area contributed by atoms with E-state index in [1.807, 2.05) is 18.2 Å². The van der Waals surface area contributed by atoms with E-state index < -0.39 is 9.84 Å². The van der Waals surface area contributed by atoms with Crippen molar-refractivity contribution in [1.82, 2.24) is 4.90 Å². The normalized spacial score (nSPS) is 22.3. The molecule has 2 aliphatic rings. The minimum Gasteiger partial charge on any atom is -0.490 e. The van der Waals surface area contributed by atoms with E-state index in [4.69, 9.17) is 9.47 Å². The van der Waals surface area contributed by atoms with Crippen LogP contribution in [0.2, 0.25) is 0 Å². The average Bonchev–Trinajstić information content (AvgIpc) is 2.78. The third-order valence-electron chi connectivity index (χ3n) is 4.29. The molecule has 0 bridgehead atoms. The Morgan fingerprint density at radius 2 is 2.00 bits per heavy atom. The lowest BCUT2D eigenvalue weighted by atomic mass is 10.1. The van der Waals surface area contributed by atoms with Crippen LogP contribution in [0.15, 0.2) is 24.3 Å². The highest BCUT2D eigenvalue weighted by Gasteiger charge is 2.32. The summed E-state index contributed by atoms with van der Waals surface area (Å²) in [5.74, 6) is 1.39. The number of hydrogen-bond acceptors (Lipinski definition) is 5. The van der Waals surface area contributed by atoms with Crippen molar-refractivity contribution < 1.29 is 22.7 Å². The fraction of sp³-hybridized carbons (Fsp3) is 0.471. The molecular formula is C17H21NO5S. The first kappa shape index (κ1) is 16.8. The van der Waals surface area contributed by atoms with Crippen LogP contribution in [0.1, 0.15) is 18.4 Å². The molecule has 1 saturated heterocycles. The lowest BCUT2D eigenvalue weighted by molar-refractivity contribution is -0.126. The molecule has 3 rings (SSSR count). The van der Waals surface area contributed by atoms with Crippen molar-refractivity contribution in [2.75, 3.05) is 31.8 Å². The van der Waals surface area contributed by atoms with E-state index in [1.54, 1.807) is 13.1 Å². The number of carbonyl (C=O) groups is 1. The second-order valence-electron chi connectivity index (χ2n) is 6.10. The van der Waals surface area contributed by atoms with Crippen LogP contribution >= 0.6 is 0 Å². The quantitative estimate of drug-likeness (QED) is 0.772. The first-order valence-electron chi connectivity index (χ1n) is 7.99. The largest absolute Gasteiger partial charge is 0.490 e. The molecule has 1 unspecified atom stereocenters. The zero-order valence-electron chi connectivity index (χ0n) is 13.6. The summed E-state index contributed by atoms with van der Waals surface area (Å²) >= 11 is 0. The molecule has 130 valence electrons. The molecular weight excluding hydrogens is 330 g/mol. The summed E-state index contributed by atoms with van der Waals surface area (Å²) in [5.41, 5.74) is 0.833. The summed E-state index contributed by atoms with van der Waals surface area (Å²) in [6.07, 6.45) is 4.51. The molecule has 7 heteroatoms. The monoisotopic (exact) mass is 351 g/mol. The van der Waals surface area contributed by atoms with E-state index in [9.17, 15) is 13.2 Å². The second-order valence-corrected chi connectivity index (χ2v) is 8.32. The number of benzene rings is 1. The maximum atomic E-state index is 12.2. The predicted octanol–water partition coefficient (Wildman–Crippen LogP) is 1.51. The van der Waals surface area contributed by atoms with Gasteiger partial charge in [0, 0.05) is 25.6 Å². The third-order valence-corrected chi connectivity index (χ3v) is 6.04. The van der Waals surface area contributed by atoms with Crippen molar-refractivity contribution >= 4 is 21.8 Å². The van der Waals surface area contributed by atoms with Crippen LogP contribution in [0.5, 0.6) is 11.5 Å². The summed E-state index contributed by atoms with van der Waals surface area (Å²) < 4.78 is 34.3. The van der Waals surface area contributed by atoms with Gasteiger partial charge >= 0.3 is 0 Å². The lowest BCUT2D eigenvalue weighted by Crippen LogP contribution is -2.36. The Bertz CT molecular complexity index is 756. The summed E-state index contributed by atoms with van der Waals surface area (Å²) in [7, 11) is -1.36. The molecule has 1 aromatic rings. The first-order valence-corrected chi connectivity index (χ1v) is 9.82. The highest BCUT2D eigenvalue weighted by molar-refractivity contribution is 7.91. The Kier molecular flexibility index (Phi) is 4.80. The molecule has 6 nitrogen and oxygen atoms in total. The van der Waals surface area contributed by atoms with Crippen LogP contribution in [-0.4, -0.2) is 57.0 Å². The highest BCUT2D eigenvalue weighted by Crippen LogP contribution is 2.30. The minimum atomic E-state index is -3.00. The molecule has 1 fully saturated rings. The number of hydrogen-bond donors (Lipinski definition) is 0. The van der Waals surface area contributed by atoms with Crippen LogP contribution < -0.4 is 9.47 Å². The minimum absolute atomic E-state index is 0.0487. The van der Waals surface area contributed by atoms with Crippen molar-refractivity contribution in [2.24, 2.45) is 0 Å². The standard InChI is InChI=1S/C17H21NO5S/c1-18(14-7-10-24(20,21)12-14)17(19)6-4-13-3-5-15-16(11-13)23-9-2-8-22-15/h3-6,11,14H,2,7-10,12H2,1H3. The Hall–Kier alpha value is -2.02. The van der Waals surface area contributed by atoms with Gasteiger partial charge in [0.15, 0.2) is 21.3 Å².